The first kappa shape index (κ1) is 8.68. The van der Waals surface area contributed by atoms with E-state index in [4.69, 9.17) is 5.73 Å². The first-order valence-corrected chi connectivity index (χ1v) is 4.10. The standard InChI is InChI=1S/C9H9FN4/c1-6-12-5-14(13-6)9-4-7(11)2-3-8(9)10/h2-5H,11H2,1H3. The monoisotopic (exact) mass is 192 g/mol. The van der Waals surface area contributed by atoms with Gasteiger partial charge < -0.3 is 5.73 Å². The molecule has 1 aromatic carbocycles. The lowest BCUT2D eigenvalue weighted by molar-refractivity contribution is 0.610. The molecule has 2 N–H and O–H groups in total. The average Bonchev–Trinajstić information content (AvgIpc) is 2.56. The number of halogens is 1. The van der Waals surface area contributed by atoms with Gasteiger partial charge in [0, 0.05) is 5.69 Å². The van der Waals surface area contributed by atoms with Gasteiger partial charge in [0.25, 0.3) is 0 Å². The second kappa shape index (κ2) is 3.10. The number of nitrogen functional groups attached to an aromatic ring is 1. The highest BCUT2D eigenvalue weighted by Gasteiger charge is 2.05. The molecule has 0 fully saturated rings. The van der Waals surface area contributed by atoms with Crippen LogP contribution in [0.15, 0.2) is 24.5 Å². The number of anilines is 1. The molecule has 0 radical (unpaired) electrons. The van der Waals surface area contributed by atoms with Crippen LogP contribution in [0.25, 0.3) is 5.69 Å². The fraction of sp³-hybridized carbons (Fsp3) is 0.111. The van der Waals surface area contributed by atoms with Crippen LogP contribution >= 0.6 is 0 Å². The van der Waals surface area contributed by atoms with Crippen LogP contribution in [0.4, 0.5) is 10.1 Å². The molecule has 0 unspecified atom stereocenters. The van der Waals surface area contributed by atoms with E-state index in [0.717, 1.165) is 0 Å². The van der Waals surface area contributed by atoms with Crippen LogP contribution in [0.2, 0.25) is 0 Å². The van der Waals surface area contributed by atoms with Crippen LogP contribution in [0.1, 0.15) is 5.82 Å². The van der Waals surface area contributed by atoms with E-state index in [1.807, 2.05) is 0 Å². The molecule has 5 heteroatoms. The summed E-state index contributed by atoms with van der Waals surface area (Å²) in [6.07, 6.45) is 1.45. The van der Waals surface area contributed by atoms with Gasteiger partial charge in [-0.15, -0.1) is 0 Å². The number of rotatable bonds is 1. The van der Waals surface area contributed by atoms with Gasteiger partial charge in [-0.1, -0.05) is 0 Å². The summed E-state index contributed by atoms with van der Waals surface area (Å²) in [7, 11) is 0. The molecule has 0 aliphatic heterocycles. The first-order chi connectivity index (χ1) is 6.66. The van der Waals surface area contributed by atoms with Gasteiger partial charge >= 0.3 is 0 Å². The Bertz CT molecular complexity index is 464. The zero-order chi connectivity index (χ0) is 10.1. The fourth-order valence-electron chi connectivity index (χ4n) is 1.17. The van der Waals surface area contributed by atoms with E-state index in [9.17, 15) is 4.39 Å². The van der Waals surface area contributed by atoms with Crippen LogP contribution in [0.3, 0.4) is 0 Å². The molecular weight excluding hydrogens is 183 g/mol. The lowest BCUT2D eigenvalue weighted by atomic mass is 10.3. The molecule has 1 heterocycles. The maximum Gasteiger partial charge on any atom is 0.149 e. The summed E-state index contributed by atoms with van der Waals surface area (Å²) in [5.41, 5.74) is 6.35. The third kappa shape index (κ3) is 1.44. The molecule has 0 saturated carbocycles. The van der Waals surface area contributed by atoms with Crippen molar-refractivity contribution in [2.45, 2.75) is 6.92 Å². The number of benzene rings is 1. The molecule has 72 valence electrons. The molecule has 2 rings (SSSR count). The van der Waals surface area contributed by atoms with Crippen LogP contribution in [0.5, 0.6) is 0 Å². The van der Waals surface area contributed by atoms with E-state index < -0.39 is 0 Å². The van der Waals surface area contributed by atoms with Gasteiger partial charge in [0.15, 0.2) is 0 Å². The van der Waals surface area contributed by atoms with Crippen molar-refractivity contribution in [2.75, 3.05) is 5.73 Å². The molecule has 0 saturated heterocycles. The Labute approximate surface area is 80.2 Å². The van der Waals surface area contributed by atoms with Crippen LogP contribution in [-0.2, 0) is 0 Å². The summed E-state index contributed by atoms with van der Waals surface area (Å²) in [6.45, 7) is 1.74. The Balaban J connectivity index is 2.55. The summed E-state index contributed by atoms with van der Waals surface area (Å²) in [5.74, 6) is 0.218. The third-order valence-electron chi connectivity index (χ3n) is 1.82. The van der Waals surface area contributed by atoms with E-state index in [-0.39, 0.29) is 5.82 Å². The fourth-order valence-corrected chi connectivity index (χ4v) is 1.17. The molecule has 0 amide bonds. The largest absolute Gasteiger partial charge is 0.399 e. The van der Waals surface area contributed by atoms with Gasteiger partial charge in [-0.3, -0.25) is 0 Å². The highest BCUT2D eigenvalue weighted by atomic mass is 19.1. The zero-order valence-electron chi connectivity index (χ0n) is 7.61. The summed E-state index contributed by atoms with van der Waals surface area (Å²) < 4.78 is 14.7. The Morgan fingerprint density at radius 2 is 2.21 bits per heavy atom. The SMILES string of the molecule is Cc1ncn(-c2cc(N)ccc2F)n1. The molecule has 1 aromatic heterocycles. The van der Waals surface area contributed by atoms with Gasteiger partial charge in [0.2, 0.25) is 0 Å². The average molecular weight is 192 g/mol. The Morgan fingerprint density at radius 1 is 1.43 bits per heavy atom. The predicted octanol–water partition coefficient (Wildman–Crippen LogP) is 1.30. The molecule has 0 aliphatic carbocycles. The highest BCUT2D eigenvalue weighted by Crippen LogP contribution is 2.15. The van der Waals surface area contributed by atoms with Gasteiger partial charge in [-0.25, -0.2) is 14.1 Å². The molecule has 0 aliphatic rings. The molecule has 4 nitrogen and oxygen atoms in total. The lowest BCUT2D eigenvalue weighted by Gasteiger charge is -2.02. The van der Waals surface area contributed by atoms with E-state index in [1.54, 1.807) is 6.92 Å². The van der Waals surface area contributed by atoms with E-state index >= 15 is 0 Å². The van der Waals surface area contributed by atoms with Crippen molar-refractivity contribution >= 4 is 5.69 Å². The van der Waals surface area contributed by atoms with Gasteiger partial charge in [0.1, 0.15) is 23.7 Å². The number of aryl methyl sites for hydroxylation is 1. The van der Waals surface area contributed by atoms with Crippen LogP contribution < -0.4 is 5.73 Å². The summed E-state index contributed by atoms with van der Waals surface area (Å²) >= 11 is 0. The van der Waals surface area contributed by atoms with Crippen LogP contribution in [-0.4, -0.2) is 14.8 Å². The Morgan fingerprint density at radius 3 is 2.86 bits per heavy atom. The minimum atomic E-state index is -0.371. The van der Waals surface area contributed by atoms with E-state index in [1.165, 1.54) is 29.2 Å². The second-order valence-corrected chi connectivity index (χ2v) is 2.95. The van der Waals surface area contributed by atoms with Crippen molar-refractivity contribution < 1.29 is 4.39 Å². The van der Waals surface area contributed by atoms with E-state index in [0.29, 0.717) is 17.2 Å². The topological polar surface area (TPSA) is 56.7 Å². The van der Waals surface area contributed by atoms with Gasteiger partial charge in [-0.05, 0) is 25.1 Å². The molecule has 14 heavy (non-hydrogen) atoms. The van der Waals surface area contributed by atoms with Crippen molar-refractivity contribution in [3.63, 3.8) is 0 Å². The summed E-state index contributed by atoms with van der Waals surface area (Å²) in [5, 5.41) is 3.99. The van der Waals surface area contributed by atoms with Crippen molar-refractivity contribution in [1.82, 2.24) is 14.8 Å². The minimum absolute atomic E-state index is 0.311. The molecular formula is C9H9FN4. The van der Waals surface area contributed by atoms with Crippen molar-refractivity contribution in [3.05, 3.63) is 36.2 Å². The number of nitrogens with two attached hydrogens (primary N) is 1. The van der Waals surface area contributed by atoms with Crippen molar-refractivity contribution in [1.29, 1.82) is 0 Å². The molecule has 2 aromatic rings. The lowest BCUT2D eigenvalue weighted by Crippen LogP contribution is -2.00. The van der Waals surface area contributed by atoms with Crippen molar-refractivity contribution in [2.24, 2.45) is 0 Å². The van der Waals surface area contributed by atoms with Crippen molar-refractivity contribution in [3.8, 4) is 5.69 Å². The number of hydrogen-bond acceptors (Lipinski definition) is 3. The molecule has 0 atom stereocenters. The number of nitrogens with zero attached hydrogens (tertiary/aromatic N) is 3. The summed E-state index contributed by atoms with van der Waals surface area (Å²) in [6, 6.07) is 4.33. The first-order valence-electron chi connectivity index (χ1n) is 4.10. The van der Waals surface area contributed by atoms with E-state index in [2.05, 4.69) is 10.1 Å². The van der Waals surface area contributed by atoms with Gasteiger partial charge in [0.05, 0.1) is 0 Å². The number of hydrogen-bond donors (Lipinski definition) is 1. The molecule has 0 spiro atoms. The third-order valence-corrected chi connectivity index (χ3v) is 1.82. The maximum absolute atomic E-state index is 13.3. The van der Waals surface area contributed by atoms with Gasteiger partial charge in [-0.2, -0.15) is 5.10 Å². The smallest absolute Gasteiger partial charge is 0.149 e. The van der Waals surface area contributed by atoms with Crippen LogP contribution in [0, 0.1) is 12.7 Å². The highest BCUT2D eigenvalue weighted by molar-refractivity contribution is 5.47. The second-order valence-electron chi connectivity index (χ2n) is 2.95. The normalized spacial score (nSPS) is 10.4. The Hall–Kier alpha value is -1.91. The maximum atomic E-state index is 13.3. The minimum Gasteiger partial charge on any atom is -0.399 e. The predicted molar refractivity (Wildman–Crippen MR) is 50.5 cm³/mol. The zero-order valence-corrected chi connectivity index (χ0v) is 7.61. The number of aromatic nitrogens is 3. The molecule has 0 bridgehead atoms. The summed E-state index contributed by atoms with van der Waals surface area (Å²) in [4.78, 5) is 3.91. The Kier molecular flexibility index (Phi) is 1.92. The quantitative estimate of drug-likeness (QED) is 0.693.